The van der Waals surface area contributed by atoms with Crippen molar-refractivity contribution in [3.63, 3.8) is 0 Å². The van der Waals surface area contributed by atoms with Crippen LogP contribution in [-0.4, -0.2) is 51.0 Å². The molecule has 0 amide bonds. The minimum Gasteiger partial charge on any atom is -0.348 e. The number of piperazine rings is 1. The van der Waals surface area contributed by atoms with Crippen molar-refractivity contribution in [2.45, 2.75) is 6.54 Å². The molecule has 4 rings (SSSR count). The molecule has 0 radical (unpaired) electrons. The van der Waals surface area contributed by atoms with Gasteiger partial charge in [0, 0.05) is 50.8 Å². The second-order valence-corrected chi connectivity index (χ2v) is 6.76. The lowest BCUT2D eigenvalue weighted by Crippen LogP contribution is -2.46. The molecule has 1 aliphatic heterocycles. The van der Waals surface area contributed by atoms with Crippen LogP contribution in [0.3, 0.4) is 0 Å². The highest BCUT2D eigenvalue weighted by Crippen LogP contribution is 2.33. The highest BCUT2D eigenvalue weighted by atomic mass is 16.6. The van der Waals surface area contributed by atoms with Gasteiger partial charge >= 0.3 is 5.69 Å². The first-order valence-corrected chi connectivity index (χ1v) is 9.38. The number of nitrogens with one attached hydrogen (secondary N) is 1. The third kappa shape index (κ3) is 4.46. The van der Waals surface area contributed by atoms with Crippen LogP contribution in [0.2, 0.25) is 0 Å². The molecule has 1 N–H and O–H groups in total. The Balaban J connectivity index is 1.50. The van der Waals surface area contributed by atoms with E-state index in [9.17, 15) is 10.1 Å². The predicted molar refractivity (Wildman–Crippen MR) is 110 cm³/mol. The Morgan fingerprint density at radius 3 is 2.41 bits per heavy atom. The van der Waals surface area contributed by atoms with Gasteiger partial charge in [-0.1, -0.05) is 30.3 Å². The molecule has 9 nitrogen and oxygen atoms in total. The maximum atomic E-state index is 11.8. The van der Waals surface area contributed by atoms with E-state index in [1.54, 1.807) is 24.5 Å². The van der Waals surface area contributed by atoms with Crippen molar-refractivity contribution in [3.8, 4) is 0 Å². The van der Waals surface area contributed by atoms with Crippen molar-refractivity contribution in [1.82, 2.24) is 19.9 Å². The summed E-state index contributed by atoms with van der Waals surface area (Å²) < 4.78 is 0. The number of nitrogens with zero attached hydrogens (tertiary/aromatic N) is 6. The molecule has 0 bridgehead atoms. The fraction of sp³-hybridized carbons (Fsp3) is 0.250. The molecule has 1 aliphatic rings. The second kappa shape index (κ2) is 8.61. The van der Waals surface area contributed by atoms with E-state index in [4.69, 9.17) is 0 Å². The number of hydrogen-bond donors (Lipinski definition) is 1. The van der Waals surface area contributed by atoms with Crippen LogP contribution in [0.5, 0.6) is 0 Å². The molecule has 9 heteroatoms. The molecule has 0 atom stereocenters. The predicted octanol–water partition coefficient (Wildman–Crippen LogP) is 2.85. The van der Waals surface area contributed by atoms with Gasteiger partial charge in [0.05, 0.1) is 4.92 Å². The normalized spacial score (nSPS) is 14.6. The lowest BCUT2D eigenvalue weighted by atomic mass is 10.2. The molecule has 148 valence electrons. The van der Waals surface area contributed by atoms with E-state index in [-0.39, 0.29) is 11.5 Å². The van der Waals surface area contributed by atoms with Gasteiger partial charge in [0.15, 0.2) is 0 Å². The summed E-state index contributed by atoms with van der Waals surface area (Å²) in [7, 11) is 0. The van der Waals surface area contributed by atoms with Crippen LogP contribution in [0, 0.1) is 10.1 Å². The van der Waals surface area contributed by atoms with Gasteiger partial charge < -0.3 is 10.2 Å². The fourth-order valence-electron chi connectivity index (χ4n) is 3.39. The molecule has 3 heterocycles. The molecule has 0 saturated carbocycles. The molecule has 1 saturated heterocycles. The molecular weight excluding hydrogens is 370 g/mol. The van der Waals surface area contributed by atoms with Crippen molar-refractivity contribution in [2.24, 2.45) is 0 Å². The first-order chi connectivity index (χ1) is 14.2. The van der Waals surface area contributed by atoms with E-state index in [0.29, 0.717) is 24.6 Å². The summed E-state index contributed by atoms with van der Waals surface area (Å²) in [4.78, 5) is 28.0. The fourth-order valence-corrected chi connectivity index (χ4v) is 3.39. The maximum absolute atomic E-state index is 11.8. The molecule has 3 aromatic rings. The topological polar surface area (TPSA) is 100 Å². The van der Waals surface area contributed by atoms with E-state index >= 15 is 0 Å². The third-order valence-corrected chi connectivity index (χ3v) is 4.85. The molecule has 29 heavy (non-hydrogen) atoms. The number of aromatic nitrogens is 3. The Labute approximate surface area is 168 Å². The summed E-state index contributed by atoms with van der Waals surface area (Å²) in [6.07, 6.45) is 4.59. The Kier molecular flexibility index (Phi) is 5.57. The largest absolute Gasteiger partial charge is 0.353 e. The van der Waals surface area contributed by atoms with Crippen molar-refractivity contribution < 1.29 is 4.92 Å². The van der Waals surface area contributed by atoms with E-state index in [1.165, 1.54) is 11.9 Å². The minimum absolute atomic E-state index is 0.110. The molecule has 0 aliphatic carbocycles. The van der Waals surface area contributed by atoms with Crippen molar-refractivity contribution in [1.29, 1.82) is 0 Å². The van der Waals surface area contributed by atoms with Gasteiger partial charge in [-0.3, -0.25) is 20.0 Å². The monoisotopic (exact) mass is 391 g/mol. The number of benzene rings is 1. The van der Waals surface area contributed by atoms with Crippen LogP contribution in [0.4, 0.5) is 23.0 Å². The SMILES string of the molecule is O=[N+]([O-])c1c(Nc2ccncc2)ncnc1N1CCN(Cc2ccccc2)CC1. The average molecular weight is 391 g/mol. The van der Waals surface area contributed by atoms with Crippen molar-refractivity contribution >= 4 is 23.0 Å². The zero-order valence-electron chi connectivity index (χ0n) is 15.8. The van der Waals surface area contributed by atoms with Gasteiger partial charge in [-0.25, -0.2) is 9.97 Å². The lowest BCUT2D eigenvalue weighted by Gasteiger charge is -2.35. The van der Waals surface area contributed by atoms with E-state index in [2.05, 4.69) is 37.3 Å². The van der Waals surface area contributed by atoms with Crippen LogP contribution in [0.1, 0.15) is 5.56 Å². The minimum atomic E-state index is -0.421. The van der Waals surface area contributed by atoms with Crippen LogP contribution < -0.4 is 10.2 Å². The van der Waals surface area contributed by atoms with Gasteiger partial charge in [-0.2, -0.15) is 0 Å². The maximum Gasteiger partial charge on any atom is 0.353 e. The van der Waals surface area contributed by atoms with E-state index in [1.807, 2.05) is 23.1 Å². The summed E-state index contributed by atoms with van der Waals surface area (Å²) >= 11 is 0. The Morgan fingerprint density at radius 1 is 1.00 bits per heavy atom. The van der Waals surface area contributed by atoms with Crippen LogP contribution in [-0.2, 0) is 6.54 Å². The summed E-state index contributed by atoms with van der Waals surface area (Å²) in [5.41, 5.74) is 1.83. The number of anilines is 3. The van der Waals surface area contributed by atoms with E-state index < -0.39 is 4.92 Å². The van der Waals surface area contributed by atoms with Gasteiger partial charge in [0.1, 0.15) is 6.33 Å². The zero-order chi connectivity index (χ0) is 20.1. The first kappa shape index (κ1) is 18.8. The molecule has 0 spiro atoms. The van der Waals surface area contributed by atoms with Gasteiger partial charge in [-0.15, -0.1) is 0 Å². The molecule has 0 unspecified atom stereocenters. The molecule has 1 fully saturated rings. The molecule has 2 aromatic heterocycles. The van der Waals surface area contributed by atoms with Gasteiger partial charge in [0.25, 0.3) is 0 Å². The number of pyridine rings is 1. The number of hydrogen-bond acceptors (Lipinski definition) is 8. The Morgan fingerprint density at radius 2 is 1.72 bits per heavy atom. The number of rotatable bonds is 6. The van der Waals surface area contributed by atoms with Crippen molar-refractivity contribution in [2.75, 3.05) is 36.4 Å². The summed E-state index contributed by atoms with van der Waals surface area (Å²) in [6, 6.07) is 13.8. The zero-order valence-corrected chi connectivity index (χ0v) is 15.8. The summed E-state index contributed by atoms with van der Waals surface area (Å²) in [6.45, 7) is 3.82. The summed E-state index contributed by atoms with van der Waals surface area (Å²) in [5, 5.41) is 14.8. The van der Waals surface area contributed by atoms with E-state index in [0.717, 1.165) is 19.6 Å². The Hall–Kier alpha value is -3.59. The molecular formula is C20H21N7O2. The van der Waals surface area contributed by atoms with Gasteiger partial charge in [0.2, 0.25) is 11.6 Å². The highest BCUT2D eigenvalue weighted by Gasteiger charge is 2.29. The van der Waals surface area contributed by atoms with Gasteiger partial charge in [-0.05, 0) is 17.7 Å². The quantitative estimate of drug-likeness (QED) is 0.506. The van der Waals surface area contributed by atoms with Crippen LogP contribution >= 0.6 is 0 Å². The van der Waals surface area contributed by atoms with Crippen molar-refractivity contribution in [3.05, 3.63) is 76.9 Å². The Bertz CT molecular complexity index is 961. The third-order valence-electron chi connectivity index (χ3n) is 4.85. The lowest BCUT2D eigenvalue weighted by molar-refractivity contribution is -0.383. The second-order valence-electron chi connectivity index (χ2n) is 6.76. The first-order valence-electron chi connectivity index (χ1n) is 9.38. The standard InChI is InChI=1S/C20H21N7O2/c28-27(29)18-19(24-17-6-8-21-9-7-17)22-15-23-20(18)26-12-10-25(11-13-26)14-16-4-2-1-3-5-16/h1-9,15H,10-14H2,(H,21,22,23,24). The number of nitro groups is 1. The summed E-state index contributed by atoms with van der Waals surface area (Å²) in [5.74, 6) is 0.527. The smallest absolute Gasteiger partial charge is 0.348 e. The molecule has 1 aromatic carbocycles. The average Bonchev–Trinajstić information content (AvgIpc) is 2.75. The highest BCUT2D eigenvalue weighted by molar-refractivity contribution is 5.74. The van der Waals surface area contributed by atoms with Crippen LogP contribution in [0.25, 0.3) is 0 Å². The van der Waals surface area contributed by atoms with Crippen LogP contribution in [0.15, 0.2) is 61.2 Å².